The van der Waals surface area contributed by atoms with E-state index in [1.165, 1.54) is 12.8 Å². The molecular weight excluding hydrogens is 264 g/mol. The van der Waals surface area contributed by atoms with Crippen LogP contribution >= 0.6 is 11.6 Å². The van der Waals surface area contributed by atoms with Crippen LogP contribution in [0.15, 0.2) is 18.2 Å². The first kappa shape index (κ1) is 15.8. The number of halogens is 1. The summed E-state index contributed by atoms with van der Waals surface area (Å²) in [5, 5.41) is 3.12. The second-order valence-corrected chi connectivity index (χ2v) is 4.81. The topological polar surface area (TPSA) is 64.3 Å². The standard InChI is InChI=1S/C14H21ClN2O2/c1-2-3-4-5-8-19-10-14(18)17-13-7-6-11(16)9-12(13)15/h6-7,9H,2-5,8,10,16H2,1H3,(H,17,18). The average Bonchev–Trinajstić information content (AvgIpc) is 2.37. The lowest BCUT2D eigenvalue weighted by Gasteiger charge is -2.08. The number of carbonyl (C=O) groups excluding carboxylic acids is 1. The first-order valence-corrected chi connectivity index (χ1v) is 6.94. The van der Waals surface area contributed by atoms with Gasteiger partial charge in [-0.2, -0.15) is 0 Å². The van der Waals surface area contributed by atoms with Gasteiger partial charge in [0, 0.05) is 12.3 Å². The van der Waals surface area contributed by atoms with Crippen LogP contribution in [0.2, 0.25) is 5.02 Å². The predicted molar refractivity (Wildman–Crippen MR) is 79.5 cm³/mol. The maximum Gasteiger partial charge on any atom is 0.250 e. The van der Waals surface area contributed by atoms with Crippen molar-refractivity contribution in [2.24, 2.45) is 0 Å². The highest BCUT2D eigenvalue weighted by Gasteiger charge is 2.06. The third kappa shape index (κ3) is 6.45. The highest BCUT2D eigenvalue weighted by Crippen LogP contribution is 2.23. The summed E-state index contributed by atoms with van der Waals surface area (Å²) in [6, 6.07) is 4.96. The summed E-state index contributed by atoms with van der Waals surface area (Å²) in [5.74, 6) is -0.206. The highest BCUT2D eigenvalue weighted by molar-refractivity contribution is 6.34. The van der Waals surface area contributed by atoms with Gasteiger partial charge in [0.15, 0.2) is 0 Å². The molecule has 1 amide bonds. The van der Waals surface area contributed by atoms with Crippen molar-refractivity contribution in [3.8, 4) is 0 Å². The third-order valence-electron chi connectivity index (χ3n) is 2.64. The van der Waals surface area contributed by atoms with Gasteiger partial charge < -0.3 is 15.8 Å². The van der Waals surface area contributed by atoms with Crippen molar-refractivity contribution in [3.05, 3.63) is 23.2 Å². The van der Waals surface area contributed by atoms with Crippen LogP contribution in [-0.4, -0.2) is 19.1 Å². The molecule has 0 aliphatic carbocycles. The maximum atomic E-state index is 11.6. The van der Waals surface area contributed by atoms with Crippen molar-refractivity contribution in [1.29, 1.82) is 0 Å². The van der Waals surface area contributed by atoms with Gasteiger partial charge in [0.1, 0.15) is 6.61 Å². The molecule has 0 aliphatic rings. The molecule has 0 atom stereocenters. The molecular formula is C14H21ClN2O2. The molecule has 0 radical (unpaired) electrons. The molecule has 0 saturated carbocycles. The Morgan fingerprint density at radius 1 is 1.37 bits per heavy atom. The molecule has 0 heterocycles. The van der Waals surface area contributed by atoms with Gasteiger partial charge in [-0.1, -0.05) is 37.8 Å². The predicted octanol–water partition coefficient (Wildman–Crippen LogP) is 3.46. The summed E-state index contributed by atoms with van der Waals surface area (Å²) < 4.78 is 5.30. The Labute approximate surface area is 119 Å². The first-order chi connectivity index (χ1) is 9.13. The lowest BCUT2D eigenvalue weighted by molar-refractivity contribution is -0.120. The van der Waals surface area contributed by atoms with E-state index in [4.69, 9.17) is 22.1 Å². The van der Waals surface area contributed by atoms with Crippen LogP contribution < -0.4 is 11.1 Å². The van der Waals surface area contributed by atoms with E-state index in [1.807, 2.05) is 0 Å². The number of hydrogen-bond donors (Lipinski definition) is 2. The number of hydrogen-bond acceptors (Lipinski definition) is 3. The molecule has 19 heavy (non-hydrogen) atoms. The lowest BCUT2D eigenvalue weighted by atomic mass is 10.2. The first-order valence-electron chi connectivity index (χ1n) is 6.56. The van der Waals surface area contributed by atoms with E-state index >= 15 is 0 Å². The number of anilines is 2. The minimum atomic E-state index is -0.206. The van der Waals surface area contributed by atoms with Gasteiger partial charge in [-0.25, -0.2) is 0 Å². The zero-order valence-corrected chi connectivity index (χ0v) is 12.0. The van der Waals surface area contributed by atoms with Crippen molar-refractivity contribution in [2.45, 2.75) is 32.6 Å². The summed E-state index contributed by atoms with van der Waals surface area (Å²) in [7, 11) is 0. The summed E-state index contributed by atoms with van der Waals surface area (Å²) in [4.78, 5) is 11.6. The van der Waals surface area contributed by atoms with Gasteiger partial charge in [-0.05, 0) is 24.6 Å². The van der Waals surface area contributed by atoms with Crippen LogP contribution in [0, 0.1) is 0 Å². The molecule has 0 unspecified atom stereocenters. The molecule has 0 aliphatic heterocycles. The van der Waals surface area contributed by atoms with Gasteiger partial charge >= 0.3 is 0 Å². The molecule has 0 bridgehead atoms. The van der Waals surface area contributed by atoms with Gasteiger partial charge in [-0.3, -0.25) is 4.79 Å². The molecule has 1 aromatic carbocycles. The number of nitrogens with two attached hydrogens (primary N) is 1. The van der Waals surface area contributed by atoms with Gasteiger partial charge in [0.2, 0.25) is 5.91 Å². The molecule has 0 spiro atoms. The van der Waals surface area contributed by atoms with Gasteiger partial charge in [0.25, 0.3) is 0 Å². The highest BCUT2D eigenvalue weighted by atomic mass is 35.5. The van der Waals surface area contributed by atoms with E-state index in [0.29, 0.717) is 23.0 Å². The molecule has 5 heteroatoms. The fraction of sp³-hybridized carbons (Fsp3) is 0.500. The molecule has 0 saturated heterocycles. The van der Waals surface area contributed by atoms with Crippen molar-refractivity contribution < 1.29 is 9.53 Å². The molecule has 3 N–H and O–H groups in total. The Kier molecular flexibility index (Phi) is 7.30. The van der Waals surface area contributed by atoms with E-state index in [0.717, 1.165) is 12.8 Å². The maximum absolute atomic E-state index is 11.6. The molecule has 1 aromatic rings. The van der Waals surface area contributed by atoms with Crippen LogP contribution in [0.1, 0.15) is 32.6 Å². The Morgan fingerprint density at radius 3 is 2.84 bits per heavy atom. The summed E-state index contributed by atoms with van der Waals surface area (Å²) in [6.07, 6.45) is 4.53. The summed E-state index contributed by atoms with van der Waals surface area (Å²) in [6.45, 7) is 2.82. The summed E-state index contributed by atoms with van der Waals surface area (Å²) in [5.41, 5.74) is 6.69. The van der Waals surface area contributed by atoms with Crippen LogP contribution in [0.3, 0.4) is 0 Å². The molecule has 0 aromatic heterocycles. The number of nitrogens with one attached hydrogen (secondary N) is 1. The number of ether oxygens (including phenoxy) is 1. The number of amides is 1. The number of nitrogen functional groups attached to an aromatic ring is 1. The summed E-state index contributed by atoms with van der Waals surface area (Å²) >= 11 is 5.96. The minimum Gasteiger partial charge on any atom is -0.399 e. The Hall–Kier alpha value is -1.26. The Bertz CT molecular complexity index is 410. The molecule has 4 nitrogen and oxygen atoms in total. The Balaban J connectivity index is 2.23. The van der Waals surface area contributed by atoms with Crippen molar-refractivity contribution >= 4 is 28.9 Å². The molecule has 1 rings (SSSR count). The van der Waals surface area contributed by atoms with Crippen LogP contribution in [0.25, 0.3) is 0 Å². The van der Waals surface area contributed by atoms with Crippen molar-refractivity contribution in [1.82, 2.24) is 0 Å². The monoisotopic (exact) mass is 284 g/mol. The number of carbonyl (C=O) groups is 1. The van der Waals surface area contributed by atoms with Crippen LogP contribution in [-0.2, 0) is 9.53 Å². The number of unbranched alkanes of at least 4 members (excludes halogenated alkanes) is 3. The average molecular weight is 285 g/mol. The quantitative estimate of drug-likeness (QED) is 0.567. The Morgan fingerprint density at radius 2 is 2.16 bits per heavy atom. The van der Waals surface area contributed by atoms with E-state index in [1.54, 1.807) is 18.2 Å². The van der Waals surface area contributed by atoms with Crippen molar-refractivity contribution in [2.75, 3.05) is 24.3 Å². The van der Waals surface area contributed by atoms with E-state index in [2.05, 4.69) is 12.2 Å². The fourth-order valence-corrected chi connectivity index (χ4v) is 1.85. The molecule has 106 valence electrons. The second-order valence-electron chi connectivity index (χ2n) is 4.40. The van der Waals surface area contributed by atoms with E-state index in [9.17, 15) is 4.79 Å². The fourth-order valence-electron chi connectivity index (χ4n) is 1.61. The van der Waals surface area contributed by atoms with E-state index in [-0.39, 0.29) is 12.5 Å². The van der Waals surface area contributed by atoms with Crippen LogP contribution in [0.4, 0.5) is 11.4 Å². The van der Waals surface area contributed by atoms with Gasteiger partial charge in [-0.15, -0.1) is 0 Å². The SMILES string of the molecule is CCCCCCOCC(=O)Nc1ccc(N)cc1Cl. The minimum absolute atomic E-state index is 0.0484. The van der Waals surface area contributed by atoms with Gasteiger partial charge in [0.05, 0.1) is 10.7 Å². The lowest BCUT2D eigenvalue weighted by Crippen LogP contribution is -2.18. The third-order valence-corrected chi connectivity index (χ3v) is 2.96. The number of rotatable bonds is 8. The van der Waals surface area contributed by atoms with E-state index < -0.39 is 0 Å². The van der Waals surface area contributed by atoms with Crippen LogP contribution in [0.5, 0.6) is 0 Å². The largest absolute Gasteiger partial charge is 0.399 e. The molecule has 0 fully saturated rings. The van der Waals surface area contributed by atoms with Crippen molar-refractivity contribution in [3.63, 3.8) is 0 Å². The smallest absolute Gasteiger partial charge is 0.250 e. The second kappa shape index (κ2) is 8.77. The normalized spacial score (nSPS) is 10.4. The zero-order valence-electron chi connectivity index (χ0n) is 11.2. The zero-order chi connectivity index (χ0) is 14.1. The number of benzene rings is 1.